The Labute approximate surface area is 103 Å². The Morgan fingerprint density at radius 2 is 2.18 bits per heavy atom. The molecule has 0 aliphatic heterocycles. The molecule has 0 N–H and O–H groups in total. The van der Waals surface area contributed by atoms with Crippen molar-refractivity contribution in [3.8, 4) is 6.07 Å². The lowest BCUT2D eigenvalue weighted by Gasteiger charge is -2.26. The maximum Gasteiger partial charge on any atom is 0.0995 e. The van der Waals surface area contributed by atoms with E-state index >= 15 is 0 Å². The first kappa shape index (κ1) is 12.1. The first-order chi connectivity index (χ1) is 8.29. The molecule has 90 valence electrons. The Balaban J connectivity index is 1.91. The summed E-state index contributed by atoms with van der Waals surface area (Å²) in [5.41, 5.74) is 1.74. The first-order valence-electron chi connectivity index (χ1n) is 6.39. The van der Waals surface area contributed by atoms with Crippen molar-refractivity contribution in [3.05, 3.63) is 35.4 Å². The minimum absolute atomic E-state index is 0.380. The van der Waals surface area contributed by atoms with Gasteiger partial charge in [-0.3, -0.25) is 0 Å². The molecule has 2 atom stereocenters. The van der Waals surface area contributed by atoms with Crippen LogP contribution in [0.25, 0.3) is 0 Å². The van der Waals surface area contributed by atoms with E-state index in [4.69, 9.17) is 10.00 Å². The highest BCUT2D eigenvalue weighted by molar-refractivity contribution is 5.36. The van der Waals surface area contributed by atoms with Gasteiger partial charge in [-0.25, -0.2) is 0 Å². The molecule has 0 spiro atoms. The van der Waals surface area contributed by atoms with Gasteiger partial charge in [-0.1, -0.05) is 38.0 Å². The molecule has 0 heterocycles. The summed E-state index contributed by atoms with van der Waals surface area (Å²) in [6.45, 7) is 2.86. The lowest BCUT2D eigenvalue weighted by Crippen LogP contribution is -2.21. The van der Waals surface area contributed by atoms with Crippen LogP contribution in [-0.2, 0) is 11.3 Å². The smallest absolute Gasteiger partial charge is 0.0995 e. The molecular formula is C15H19NO. The molecule has 1 aromatic carbocycles. The Morgan fingerprint density at radius 1 is 1.35 bits per heavy atom. The summed E-state index contributed by atoms with van der Waals surface area (Å²) in [6, 6.07) is 9.89. The average molecular weight is 229 g/mol. The zero-order valence-corrected chi connectivity index (χ0v) is 10.4. The summed E-state index contributed by atoms with van der Waals surface area (Å²) in [6.07, 6.45) is 5.30. The topological polar surface area (TPSA) is 33.0 Å². The van der Waals surface area contributed by atoms with Crippen LogP contribution in [0.4, 0.5) is 0 Å². The summed E-state index contributed by atoms with van der Waals surface area (Å²) < 4.78 is 5.93. The molecule has 1 fully saturated rings. The molecule has 1 aliphatic carbocycles. The molecule has 0 aromatic heterocycles. The van der Waals surface area contributed by atoms with E-state index in [9.17, 15) is 0 Å². The number of hydrogen-bond acceptors (Lipinski definition) is 2. The fourth-order valence-corrected chi connectivity index (χ4v) is 2.49. The zero-order chi connectivity index (χ0) is 12.1. The summed E-state index contributed by atoms with van der Waals surface area (Å²) in [5.74, 6) is 0.778. The molecule has 0 bridgehead atoms. The van der Waals surface area contributed by atoms with Gasteiger partial charge in [0.05, 0.1) is 24.3 Å². The van der Waals surface area contributed by atoms with Crippen LogP contribution >= 0.6 is 0 Å². The molecule has 2 rings (SSSR count). The second-order valence-corrected chi connectivity index (χ2v) is 4.97. The van der Waals surface area contributed by atoms with Crippen LogP contribution in [0.1, 0.15) is 43.7 Å². The average Bonchev–Trinajstić information content (AvgIpc) is 2.37. The Kier molecular flexibility index (Phi) is 4.17. The Bertz CT molecular complexity index is 408. The molecular weight excluding hydrogens is 210 g/mol. The van der Waals surface area contributed by atoms with Crippen molar-refractivity contribution < 1.29 is 4.74 Å². The Morgan fingerprint density at radius 3 is 2.94 bits per heavy atom. The fraction of sp³-hybridized carbons (Fsp3) is 0.533. The number of nitriles is 1. The summed E-state index contributed by atoms with van der Waals surface area (Å²) in [5, 5.41) is 8.99. The molecule has 2 heteroatoms. The molecule has 1 aliphatic rings. The van der Waals surface area contributed by atoms with E-state index in [-0.39, 0.29) is 0 Å². The molecule has 2 unspecified atom stereocenters. The summed E-state index contributed by atoms with van der Waals surface area (Å²) in [7, 11) is 0. The third-order valence-electron chi connectivity index (χ3n) is 3.50. The van der Waals surface area contributed by atoms with Crippen LogP contribution in [0.2, 0.25) is 0 Å². The van der Waals surface area contributed by atoms with Gasteiger partial charge in [0.1, 0.15) is 0 Å². The van der Waals surface area contributed by atoms with Crippen LogP contribution < -0.4 is 0 Å². The number of rotatable bonds is 3. The highest BCUT2D eigenvalue weighted by atomic mass is 16.5. The number of ether oxygens (including phenoxy) is 1. The molecule has 0 saturated heterocycles. The van der Waals surface area contributed by atoms with E-state index in [1.54, 1.807) is 0 Å². The molecule has 1 saturated carbocycles. The van der Waals surface area contributed by atoms with E-state index in [2.05, 4.69) is 13.0 Å². The maximum atomic E-state index is 8.99. The van der Waals surface area contributed by atoms with Crippen molar-refractivity contribution in [1.29, 1.82) is 5.26 Å². The first-order valence-corrected chi connectivity index (χ1v) is 6.39. The standard InChI is InChI=1S/C15H19NO/c1-12-5-4-8-15(9-12)17-11-14-7-3-2-6-13(14)10-16/h2-3,6-7,12,15H,4-5,8-9,11H2,1H3. The van der Waals surface area contributed by atoms with Crippen molar-refractivity contribution in [2.24, 2.45) is 5.92 Å². The third kappa shape index (κ3) is 3.31. The van der Waals surface area contributed by atoms with Gasteiger partial charge in [-0.15, -0.1) is 0 Å². The highest BCUT2D eigenvalue weighted by Crippen LogP contribution is 2.26. The Hall–Kier alpha value is -1.33. The van der Waals surface area contributed by atoms with Crippen LogP contribution in [0, 0.1) is 17.2 Å². The lowest BCUT2D eigenvalue weighted by atomic mass is 9.89. The molecule has 1 aromatic rings. The number of hydrogen-bond donors (Lipinski definition) is 0. The number of benzene rings is 1. The molecule has 2 nitrogen and oxygen atoms in total. The van der Waals surface area contributed by atoms with Gasteiger partial charge in [0.2, 0.25) is 0 Å². The van der Waals surface area contributed by atoms with Gasteiger partial charge in [0.15, 0.2) is 0 Å². The van der Waals surface area contributed by atoms with Gasteiger partial charge >= 0.3 is 0 Å². The van der Waals surface area contributed by atoms with E-state index in [1.165, 1.54) is 19.3 Å². The predicted octanol–water partition coefficient (Wildman–Crippen LogP) is 3.65. The van der Waals surface area contributed by atoms with Gasteiger partial charge in [0, 0.05) is 0 Å². The second kappa shape index (κ2) is 5.84. The van der Waals surface area contributed by atoms with Gasteiger partial charge in [0.25, 0.3) is 0 Å². The van der Waals surface area contributed by atoms with Crippen molar-refractivity contribution in [3.63, 3.8) is 0 Å². The zero-order valence-electron chi connectivity index (χ0n) is 10.4. The largest absolute Gasteiger partial charge is 0.373 e. The van der Waals surface area contributed by atoms with Gasteiger partial charge in [-0.05, 0) is 30.4 Å². The molecule has 0 amide bonds. The van der Waals surface area contributed by atoms with Crippen LogP contribution in [0.5, 0.6) is 0 Å². The minimum Gasteiger partial charge on any atom is -0.373 e. The van der Waals surface area contributed by atoms with Crippen LogP contribution in [-0.4, -0.2) is 6.10 Å². The van der Waals surface area contributed by atoms with Crippen molar-refractivity contribution >= 4 is 0 Å². The minimum atomic E-state index is 0.380. The number of nitrogens with zero attached hydrogens (tertiary/aromatic N) is 1. The fourth-order valence-electron chi connectivity index (χ4n) is 2.49. The molecule has 17 heavy (non-hydrogen) atoms. The van der Waals surface area contributed by atoms with E-state index in [0.29, 0.717) is 12.7 Å². The van der Waals surface area contributed by atoms with Crippen molar-refractivity contribution in [2.75, 3.05) is 0 Å². The quantitative estimate of drug-likeness (QED) is 0.792. The van der Waals surface area contributed by atoms with Crippen LogP contribution in [0.3, 0.4) is 0 Å². The van der Waals surface area contributed by atoms with E-state index in [1.807, 2.05) is 24.3 Å². The SMILES string of the molecule is CC1CCCC(OCc2ccccc2C#N)C1. The van der Waals surface area contributed by atoms with Crippen molar-refractivity contribution in [2.45, 2.75) is 45.3 Å². The monoisotopic (exact) mass is 229 g/mol. The molecule has 0 radical (unpaired) electrons. The second-order valence-electron chi connectivity index (χ2n) is 4.97. The van der Waals surface area contributed by atoms with E-state index in [0.717, 1.165) is 23.5 Å². The lowest BCUT2D eigenvalue weighted by molar-refractivity contribution is 0.00458. The van der Waals surface area contributed by atoms with Gasteiger partial charge in [-0.2, -0.15) is 5.26 Å². The van der Waals surface area contributed by atoms with Crippen molar-refractivity contribution in [1.82, 2.24) is 0 Å². The van der Waals surface area contributed by atoms with E-state index < -0.39 is 0 Å². The van der Waals surface area contributed by atoms with Gasteiger partial charge < -0.3 is 4.74 Å². The normalized spacial score (nSPS) is 24.2. The summed E-state index contributed by atoms with van der Waals surface area (Å²) >= 11 is 0. The third-order valence-corrected chi connectivity index (χ3v) is 3.50. The summed E-state index contributed by atoms with van der Waals surface area (Å²) in [4.78, 5) is 0. The highest BCUT2D eigenvalue weighted by Gasteiger charge is 2.19. The maximum absolute atomic E-state index is 8.99. The predicted molar refractivity (Wildman–Crippen MR) is 67.4 cm³/mol. The van der Waals surface area contributed by atoms with Crippen LogP contribution in [0.15, 0.2) is 24.3 Å².